The second-order valence-electron chi connectivity index (χ2n) is 6.57. The fourth-order valence-corrected chi connectivity index (χ4v) is 3.31. The molecule has 8 nitrogen and oxygen atoms in total. The predicted octanol–water partition coefficient (Wildman–Crippen LogP) is 0.392. The average molecular weight is 349 g/mol. The topological polar surface area (TPSA) is 79.6 Å². The Bertz CT molecular complexity index is 551. The van der Waals surface area contributed by atoms with Crippen LogP contribution in [0.25, 0.3) is 0 Å². The Morgan fingerprint density at radius 3 is 2.88 bits per heavy atom. The fraction of sp³-hybridized carbons (Fsp3) is 0.824. The number of fused-ring (bicyclic) bond motifs is 1. The monoisotopic (exact) mass is 349 g/mol. The first kappa shape index (κ1) is 18.1. The molecule has 0 spiro atoms. The molecular formula is C17H31N7O. The Balaban J connectivity index is 1.45. The van der Waals surface area contributed by atoms with Gasteiger partial charge in [0.1, 0.15) is 12.4 Å². The molecule has 2 aliphatic heterocycles. The third-order valence-corrected chi connectivity index (χ3v) is 4.71. The molecule has 1 aromatic heterocycles. The van der Waals surface area contributed by atoms with Gasteiger partial charge < -0.3 is 19.9 Å². The van der Waals surface area contributed by atoms with E-state index in [4.69, 9.17) is 4.74 Å². The van der Waals surface area contributed by atoms with Crippen LogP contribution in [0.15, 0.2) is 4.99 Å². The van der Waals surface area contributed by atoms with Gasteiger partial charge in [-0.25, -0.2) is 4.99 Å². The summed E-state index contributed by atoms with van der Waals surface area (Å²) in [5, 5.41) is 15.4. The van der Waals surface area contributed by atoms with E-state index in [0.29, 0.717) is 6.54 Å². The Morgan fingerprint density at radius 1 is 1.16 bits per heavy atom. The Kier molecular flexibility index (Phi) is 7.05. The molecule has 2 aliphatic rings. The van der Waals surface area contributed by atoms with E-state index in [-0.39, 0.29) is 0 Å². The molecule has 0 radical (unpaired) electrons. The lowest BCUT2D eigenvalue weighted by atomic mass is 10.2. The molecule has 0 bridgehead atoms. The van der Waals surface area contributed by atoms with Gasteiger partial charge in [0.05, 0.1) is 13.2 Å². The van der Waals surface area contributed by atoms with Gasteiger partial charge >= 0.3 is 0 Å². The number of hydrogen-bond donors (Lipinski definition) is 2. The van der Waals surface area contributed by atoms with Crippen molar-refractivity contribution in [2.45, 2.75) is 45.7 Å². The van der Waals surface area contributed by atoms with E-state index in [2.05, 4.69) is 42.2 Å². The second-order valence-corrected chi connectivity index (χ2v) is 6.57. The summed E-state index contributed by atoms with van der Waals surface area (Å²) in [6.45, 7) is 10.4. The molecule has 0 aromatic carbocycles. The molecule has 3 rings (SSSR count). The lowest BCUT2D eigenvalue weighted by molar-refractivity contribution is 0.0376. The van der Waals surface area contributed by atoms with Gasteiger partial charge in [0.25, 0.3) is 0 Å². The number of guanidine groups is 1. The van der Waals surface area contributed by atoms with Crippen molar-refractivity contribution < 1.29 is 4.74 Å². The maximum absolute atomic E-state index is 5.38. The van der Waals surface area contributed by atoms with Gasteiger partial charge in [-0.2, -0.15) is 0 Å². The lowest BCUT2D eigenvalue weighted by Crippen LogP contribution is -2.40. The van der Waals surface area contributed by atoms with Crippen molar-refractivity contribution >= 4 is 5.96 Å². The molecule has 0 unspecified atom stereocenters. The summed E-state index contributed by atoms with van der Waals surface area (Å²) in [5.41, 5.74) is 0. The van der Waals surface area contributed by atoms with Crippen molar-refractivity contribution in [3.05, 3.63) is 11.6 Å². The first-order chi connectivity index (χ1) is 12.4. The van der Waals surface area contributed by atoms with Crippen molar-refractivity contribution in [3.8, 4) is 0 Å². The predicted molar refractivity (Wildman–Crippen MR) is 97.7 cm³/mol. The van der Waals surface area contributed by atoms with E-state index in [9.17, 15) is 0 Å². The molecule has 1 fully saturated rings. The van der Waals surface area contributed by atoms with Crippen molar-refractivity contribution in [2.75, 3.05) is 45.9 Å². The summed E-state index contributed by atoms with van der Waals surface area (Å²) in [6.07, 6.45) is 4.57. The van der Waals surface area contributed by atoms with Gasteiger partial charge in [0.15, 0.2) is 11.8 Å². The number of ether oxygens (including phenoxy) is 1. The lowest BCUT2D eigenvalue weighted by Gasteiger charge is -2.26. The highest BCUT2D eigenvalue weighted by Crippen LogP contribution is 2.14. The minimum absolute atomic E-state index is 0.575. The summed E-state index contributed by atoms with van der Waals surface area (Å²) in [7, 11) is 0. The zero-order valence-corrected chi connectivity index (χ0v) is 15.3. The van der Waals surface area contributed by atoms with Gasteiger partial charge in [0, 0.05) is 39.1 Å². The number of aromatic nitrogens is 3. The van der Waals surface area contributed by atoms with E-state index in [0.717, 1.165) is 82.9 Å². The zero-order chi connectivity index (χ0) is 17.3. The molecule has 0 aliphatic carbocycles. The molecule has 3 heterocycles. The summed E-state index contributed by atoms with van der Waals surface area (Å²) in [5.74, 6) is 2.94. The third kappa shape index (κ3) is 5.40. The van der Waals surface area contributed by atoms with E-state index >= 15 is 0 Å². The maximum atomic E-state index is 5.38. The second kappa shape index (κ2) is 9.72. The largest absolute Gasteiger partial charge is 0.379 e. The molecule has 8 heteroatoms. The molecular weight excluding hydrogens is 318 g/mol. The molecule has 0 amide bonds. The summed E-state index contributed by atoms with van der Waals surface area (Å²) < 4.78 is 7.61. The summed E-state index contributed by atoms with van der Waals surface area (Å²) in [4.78, 5) is 7.14. The van der Waals surface area contributed by atoms with Crippen molar-refractivity contribution in [1.82, 2.24) is 30.3 Å². The number of aryl methyl sites for hydroxylation is 1. The molecule has 0 atom stereocenters. The van der Waals surface area contributed by atoms with Crippen molar-refractivity contribution in [3.63, 3.8) is 0 Å². The first-order valence-electron chi connectivity index (χ1n) is 9.60. The standard InChI is InChI=1S/C17H31N7O/c1-2-18-17(19-7-5-8-23-10-12-25-13-11-23)20-14-16-22-21-15-6-3-4-9-24(15)16/h2-14H2,1H3,(H2,18,19,20). The van der Waals surface area contributed by atoms with Crippen LogP contribution in [0.5, 0.6) is 0 Å². The minimum atomic E-state index is 0.575. The molecule has 2 N–H and O–H groups in total. The minimum Gasteiger partial charge on any atom is -0.379 e. The number of nitrogens with one attached hydrogen (secondary N) is 2. The number of aliphatic imine (C=N–C) groups is 1. The number of nitrogens with zero attached hydrogens (tertiary/aromatic N) is 5. The SMILES string of the molecule is CCNC(=NCc1nnc2n1CCCC2)NCCCN1CCOCC1. The van der Waals surface area contributed by atoms with Crippen LogP contribution in [-0.4, -0.2) is 71.6 Å². The van der Waals surface area contributed by atoms with Crippen molar-refractivity contribution in [1.29, 1.82) is 0 Å². The van der Waals surface area contributed by atoms with Crippen LogP contribution < -0.4 is 10.6 Å². The Hall–Kier alpha value is -1.67. The van der Waals surface area contributed by atoms with Crippen LogP contribution in [0, 0.1) is 0 Å². The number of morpholine rings is 1. The van der Waals surface area contributed by atoms with Gasteiger partial charge in [-0.1, -0.05) is 0 Å². The Labute approximate surface area is 150 Å². The quantitative estimate of drug-likeness (QED) is 0.421. The molecule has 1 saturated heterocycles. The first-order valence-corrected chi connectivity index (χ1v) is 9.60. The van der Waals surface area contributed by atoms with E-state index in [1.807, 2.05) is 0 Å². The molecule has 1 aromatic rings. The molecule has 0 saturated carbocycles. The zero-order valence-electron chi connectivity index (χ0n) is 15.3. The van der Waals surface area contributed by atoms with E-state index < -0.39 is 0 Å². The van der Waals surface area contributed by atoms with Gasteiger partial charge in [0.2, 0.25) is 0 Å². The van der Waals surface area contributed by atoms with Crippen LogP contribution in [-0.2, 0) is 24.2 Å². The van der Waals surface area contributed by atoms with E-state index in [1.54, 1.807) is 0 Å². The van der Waals surface area contributed by atoms with Gasteiger partial charge in [-0.15, -0.1) is 10.2 Å². The van der Waals surface area contributed by atoms with Crippen molar-refractivity contribution in [2.24, 2.45) is 4.99 Å². The maximum Gasteiger partial charge on any atom is 0.191 e. The average Bonchev–Trinajstić information content (AvgIpc) is 3.07. The number of hydrogen-bond acceptors (Lipinski definition) is 5. The Morgan fingerprint density at radius 2 is 2.04 bits per heavy atom. The number of rotatable bonds is 7. The van der Waals surface area contributed by atoms with E-state index in [1.165, 1.54) is 12.8 Å². The van der Waals surface area contributed by atoms with Crippen LogP contribution in [0.3, 0.4) is 0 Å². The van der Waals surface area contributed by atoms with Crippen LogP contribution in [0.4, 0.5) is 0 Å². The van der Waals surface area contributed by atoms with Crippen LogP contribution in [0.1, 0.15) is 37.8 Å². The fourth-order valence-electron chi connectivity index (χ4n) is 3.31. The summed E-state index contributed by atoms with van der Waals surface area (Å²) >= 11 is 0. The van der Waals surface area contributed by atoms with Gasteiger partial charge in [-0.05, 0) is 32.7 Å². The molecule has 140 valence electrons. The normalized spacial score (nSPS) is 18.8. The molecule has 25 heavy (non-hydrogen) atoms. The highest BCUT2D eigenvalue weighted by Gasteiger charge is 2.15. The highest BCUT2D eigenvalue weighted by atomic mass is 16.5. The smallest absolute Gasteiger partial charge is 0.191 e. The van der Waals surface area contributed by atoms with Gasteiger partial charge in [-0.3, -0.25) is 4.90 Å². The third-order valence-electron chi connectivity index (χ3n) is 4.71. The van der Waals surface area contributed by atoms with Crippen LogP contribution >= 0.6 is 0 Å². The summed E-state index contributed by atoms with van der Waals surface area (Å²) in [6, 6.07) is 0. The highest BCUT2D eigenvalue weighted by molar-refractivity contribution is 5.79. The van der Waals surface area contributed by atoms with Crippen LogP contribution in [0.2, 0.25) is 0 Å².